The molecule has 1 atom stereocenters. The molecule has 146 valence electrons. The molecule has 0 saturated heterocycles. The number of benzene rings is 1. The molecule has 2 aromatic heterocycles. The Hall–Kier alpha value is -3.00. The van der Waals surface area contributed by atoms with Crippen molar-refractivity contribution in [2.75, 3.05) is 6.61 Å². The number of carbonyl (C=O) groups is 1. The Balaban J connectivity index is 1.51. The molecule has 0 aliphatic heterocycles. The molecule has 2 heterocycles. The first-order valence-corrected chi connectivity index (χ1v) is 9.50. The summed E-state index contributed by atoms with van der Waals surface area (Å²) in [5.41, 5.74) is 4.53. The lowest BCUT2D eigenvalue weighted by Gasteiger charge is -2.14. The highest BCUT2D eigenvalue weighted by atomic mass is 16.5. The van der Waals surface area contributed by atoms with Crippen molar-refractivity contribution in [1.29, 1.82) is 0 Å². The molecule has 0 saturated carbocycles. The number of hydrogen-bond donors (Lipinski definition) is 2. The first-order valence-electron chi connectivity index (χ1n) is 9.50. The second-order valence-electron chi connectivity index (χ2n) is 6.93. The number of rotatable bonds is 6. The Kier molecular flexibility index (Phi) is 4.95. The molecule has 2 N–H and O–H groups in total. The van der Waals surface area contributed by atoms with E-state index in [0.717, 1.165) is 29.7 Å². The number of carbonyl (C=O) groups excluding carboxylic acids is 1. The normalized spacial score (nSPS) is 15.6. The summed E-state index contributed by atoms with van der Waals surface area (Å²) in [6.07, 6.45) is 4.00. The van der Waals surface area contributed by atoms with Gasteiger partial charge in [-0.1, -0.05) is 24.2 Å². The molecule has 8 heteroatoms. The van der Waals surface area contributed by atoms with Gasteiger partial charge in [0.25, 0.3) is 5.91 Å². The van der Waals surface area contributed by atoms with Crippen LogP contribution in [0.5, 0.6) is 0 Å². The van der Waals surface area contributed by atoms with Crippen LogP contribution in [0.3, 0.4) is 0 Å². The van der Waals surface area contributed by atoms with Crippen LogP contribution in [-0.2, 0) is 19.4 Å². The second kappa shape index (κ2) is 7.55. The van der Waals surface area contributed by atoms with Crippen LogP contribution in [0.15, 0.2) is 28.9 Å². The van der Waals surface area contributed by atoms with Gasteiger partial charge in [-0.2, -0.15) is 10.1 Å². The van der Waals surface area contributed by atoms with Gasteiger partial charge in [-0.25, -0.2) is 0 Å². The van der Waals surface area contributed by atoms with E-state index in [0.29, 0.717) is 30.2 Å². The predicted molar refractivity (Wildman–Crippen MR) is 102 cm³/mol. The molecular weight excluding hydrogens is 358 g/mol. The highest BCUT2D eigenvalue weighted by Gasteiger charge is 2.26. The van der Waals surface area contributed by atoms with Gasteiger partial charge in [0.2, 0.25) is 11.7 Å². The van der Waals surface area contributed by atoms with Gasteiger partial charge in [-0.05, 0) is 37.0 Å². The van der Waals surface area contributed by atoms with E-state index in [1.165, 1.54) is 5.56 Å². The van der Waals surface area contributed by atoms with Crippen LogP contribution in [0.25, 0.3) is 11.4 Å². The number of nitrogens with one attached hydrogen (secondary N) is 1. The van der Waals surface area contributed by atoms with E-state index >= 15 is 0 Å². The van der Waals surface area contributed by atoms with Gasteiger partial charge in [0.1, 0.15) is 0 Å². The van der Waals surface area contributed by atoms with Crippen LogP contribution in [0.1, 0.15) is 52.5 Å². The summed E-state index contributed by atoms with van der Waals surface area (Å²) in [4.78, 5) is 17.1. The number of nitrogens with zero attached hydrogens (tertiary/aromatic N) is 4. The third-order valence-corrected chi connectivity index (χ3v) is 5.21. The lowest BCUT2D eigenvalue weighted by molar-refractivity contribution is 0.0936. The van der Waals surface area contributed by atoms with Crippen LogP contribution in [0, 0.1) is 6.92 Å². The molecule has 1 aliphatic rings. The fourth-order valence-corrected chi connectivity index (χ4v) is 3.65. The zero-order chi connectivity index (χ0) is 19.7. The summed E-state index contributed by atoms with van der Waals surface area (Å²) < 4.78 is 6.84. The van der Waals surface area contributed by atoms with Crippen molar-refractivity contribution in [3.8, 4) is 11.4 Å². The third kappa shape index (κ3) is 3.31. The fourth-order valence-electron chi connectivity index (χ4n) is 3.65. The number of fused-ring (bicyclic) bond motifs is 1. The fraction of sp³-hybridized carbons (Fsp3) is 0.400. The SMILES string of the molecule is CCc1nc(-c2ccc3c(c2)CCC3NC(=O)c2cnn(CCO)c2C)no1. The molecule has 28 heavy (non-hydrogen) atoms. The van der Waals surface area contributed by atoms with Crippen LogP contribution < -0.4 is 5.32 Å². The van der Waals surface area contributed by atoms with Gasteiger partial charge in [-0.15, -0.1) is 0 Å². The van der Waals surface area contributed by atoms with Crippen molar-refractivity contribution in [2.24, 2.45) is 0 Å². The van der Waals surface area contributed by atoms with E-state index in [-0.39, 0.29) is 18.6 Å². The van der Waals surface area contributed by atoms with Gasteiger partial charge in [0, 0.05) is 17.7 Å². The number of aliphatic hydroxyl groups excluding tert-OH is 1. The van der Waals surface area contributed by atoms with Crippen molar-refractivity contribution in [3.05, 3.63) is 52.7 Å². The Labute approximate surface area is 162 Å². The molecule has 1 unspecified atom stereocenters. The first kappa shape index (κ1) is 18.4. The van der Waals surface area contributed by atoms with E-state index in [1.54, 1.807) is 10.9 Å². The number of amides is 1. The van der Waals surface area contributed by atoms with Gasteiger partial charge >= 0.3 is 0 Å². The first-order chi connectivity index (χ1) is 13.6. The number of hydrogen-bond acceptors (Lipinski definition) is 6. The molecule has 8 nitrogen and oxygen atoms in total. The Bertz CT molecular complexity index is 1010. The van der Waals surface area contributed by atoms with E-state index < -0.39 is 0 Å². The molecule has 3 aromatic rings. The van der Waals surface area contributed by atoms with Crippen molar-refractivity contribution < 1.29 is 14.4 Å². The van der Waals surface area contributed by atoms with Crippen molar-refractivity contribution in [1.82, 2.24) is 25.2 Å². The predicted octanol–water partition coefficient (Wildman–Crippen LogP) is 2.21. The van der Waals surface area contributed by atoms with Crippen LogP contribution in [-0.4, -0.2) is 37.5 Å². The number of aromatic nitrogens is 4. The summed E-state index contributed by atoms with van der Waals surface area (Å²) in [7, 11) is 0. The minimum atomic E-state index is -0.144. The summed E-state index contributed by atoms with van der Waals surface area (Å²) in [6.45, 7) is 4.18. The van der Waals surface area contributed by atoms with E-state index in [1.807, 2.05) is 26.0 Å². The maximum Gasteiger partial charge on any atom is 0.255 e. The maximum absolute atomic E-state index is 12.7. The Morgan fingerprint density at radius 3 is 3.04 bits per heavy atom. The quantitative estimate of drug-likeness (QED) is 0.678. The standard InChI is InChI=1S/C20H23N5O3/c1-3-18-23-19(24-28-18)14-4-6-15-13(10-14)5-7-17(15)22-20(27)16-11-21-25(8-9-26)12(16)2/h4,6,10-11,17,26H,3,5,7-9H2,1-2H3,(H,22,27). The summed E-state index contributed by atoms with van der Waals surface area (Å²) in [5, 5.41) is 20.4. The second-order valence-corrected chi connectivity index (χ2v) is 6.93. The van der Waals surface area contributed by atoms with Gasteiger partial charge in [0.05, 0.1) is 31.0 Å². The molecular formula is C20H23N5O3. The Morgan fingerprint density at radius 1 is 1.43 bits per heavy atom. The molecule has 1 aliphatic carbocycles. The van der Waals surface area contributed by atoms with Crippen LogP contribution in [0.4, 0.5) is 0 Å². The topological polar surface area (TPSA) is 106 Å². The van der Waals surface area contributed by atoms with Crippen molar-refractivity contribution >= 4 is 5.91 Å². The molecule has 1 amide bonds. The van der Waals surface area contributed by atoms with Crippen LogP contribution >= 0.6 is 0 Å². The van der Waals surface area contributed by atoms with Crippen LogP contribution in [0.2, 0.25) is 0 Å². The summed E-state index contributed by atoms with van der Waals surface area (Å²) in [6, 6.07) is 6.05. The average Bonchev–Trinajstić information content (AvgIpc) is 3.41. The minimum Gasteiger partial charge on any atom is -0.394 e. The Morgan fingerprint density at radius 2 is 2.29 bits per heavy atom. The van der Waals surface area contributed by atoms with E-state index in [9.17, 15) is 4.79 Å². The van der Waals surface area contributed by atoms with Crippen molar-refractivity contribution in [2.45, 2.75) is 45.7 Å². The zero-order valence-electron chi connectivity index (χ0n) is 16.0. The lowest BCUT2D eigenvalue weighted by atomic mass is 10.0. The summed E-state index contributed by atoms with van der Waals surface area (Å²) >= 11 is 0. The molecule has 4 rings (SSSR count). The van der Waals surface area contributed by atoms with Crippen molar-refractivity contribution in [3.63, 3.8) is 0 Å². The smallest absolute Gasteiger partial charge is 0.255 e. The van der Waals surface area contributed by atoms with Gasteiger partial charge in [-0.3, -0.25) is 9.48 Å². The third-order valence-electron chi connectivity index (χ3n) is 5.21. The number of aryl methyl sites for hydroxylation is 2. The summed E-state index contributed by atoms with van der Waals surface area (Å²) in [5.74, 6) is 1.08. The largest absolute Gasteiger partial charge is 0.394 e. The molecule has 1 aromatic carbocycles. The monoisotopic (exact) mass is 381 g/mol. The van der Waals surface area contributed by atoms with E-state index in [2.05, 4.69) is 26.6 Å². The minimum absolute atomic E-state index is 0.0119. The average molecular weight is 381 g/mol. The maximum atomic E-state index is 12.7. The van der Waals surface area contributed by atoms with Gasteiger partial charge < -0.3 is 14.9 Å². The molecule has 0 fully saturated rings. The van der Waals surface area contributed by atoms with E-state index in [4.69, 9.17) is 9.63 Å². The zero-order valence-corrected chi connectivity index (χ0v) is 16.0. The lowest BCUT2D eigenvalue weighted by Crippen LogP contribution is -2.27. The highest BCUT2D eigenvalue weighted by molar-refractivity contribution is 5.95. The highest BCUT2D eigenvalue weighted by Crippen LogP contribution is 2.34. The van der Waals surface area contributed by atoms with Gasteiger partial charge in [0.15, 0.2) is 0 Å². The molecule has 0 spiro atoms. The number of aliphatic hydroxyl groups is 1. The molecule has 0 bridgehead atoms. The molecule has 0 radical (unpaired) electrons.